The Morgan fingerprint density at radius 3 is 2.80 bits per heavy atom. The van der Waals surface area contributed by atoms with Gasteiger partial charge in [-0.05, 0) is 50.5 Å². The number of hydrogen-bond acceptors (Lipinski definition) is 3. The maximum Gasteiger partial charge on any atom is 0.191 e. The Morgan fingerprint density at radius 1 is 1.44 bits per heavy atom. The van der Waals surface area contributed by atoms with Crippen molar-refractivity contribution in [1.82, 2.24) is 15.5 Å². The van der Waals surface area contributed by atoms with E-state index in [1.807, 2.05) is 11.3 Å². The van der Waals surface area contributed by atoms with E-state index in [-0.39, 0.29) is 0 Å². The van der Waals surface area contributed by atoms with Crippen molar-refractivity contribution in [1.29, 1.82) is 0 Å². The Balaban J connectivity index is 1.78. The van der Waals surface area contributed by atoms with Gasteiger partial charge in [0.1, 0.15) is 0 Å². The van der Waals surface area contributed by atoms with Gasteiger partial charge in [0.05, 0.1) is 0 Å². The van der Waals surface area contributed by atoms with Gasteiger partial charge in [0.15, 0.2) is 5.96 Å². The van der Waals surface area contributed by atoms with Gasteiger partial charge >= 0.3 is 0 Å². The molecule has 2 N–H and O–H groups in total. The van der Waals surface area contributed by atoms with Gasteiger partial charge < -0.3 is 10.6 Å². The lowest BCUT2D eigenvalue weighted by Crippen LogP contribution is -2.49. The van der Waals surface area contributed by atoms with Crippen molar-refractivity contribution in [3.05, 3.63) is 34.5 Å². The van der Waals surface area contributed by atoms with E-state index in [1.165, 1.54) is 23.3 Å². The summed E-state index contributed by atoms with van der Waals surface area (Å²) in [6.45, 7) is 15.6. The molecule has 1 aromatic rings. The lowest BCUT2D eigenvalue weighted by Gasteiger charge is -2.33. The largest absolute Gasteiger partial charge is 0.357 e. The molecular formula is C20H34N4S. The number of nitrogens with zero attached hydrogens (tertiary/aromatic N) is 2. The molecule has 1 aliphatic heterocycles. The zero-order valence-corrected chi connectivity index (χ0v) is 16.9. The Bertz CT molecular complexity index is 530. The highest BCUT2D eigenvalue weighted by Crippen LogP contribution is 2.15. The van der Waals surface area contributed by atoms with Gasteiger partial charge in [-0.1, -0.05) is 25.1 Å². The molecule has 0 spiro atoms. The van der Waals surface area contributed by atoms with Gasteiger partial charge in [-0.2, -0.15) is 0 Å². The average Bonchev–Trinajstić information content (AvgIpc) is 3.07. The second kappa shape index (κ2) is 10.6. The normalized spacial score (nSPS) is 18.1. The minimum absolute atomic E-state index is 0.520. The molecule has 25 heavy (non-hydrogen) atoms. The first-order valence-corrected chi connectivity index (χ1v) is 10.4. The highest BCUT2D eigenvalue weighted by atomic mass is 32.1. The van der Waals surface area contributed by atoms with Gasteiger partial charge in [0.25, 0.3) is 0 Å². The van der Waals surface area contributed by atoms with Crippen LogP contribution in [0, 0.1) is 5.92 Å². The summed E-state index contributed by atoms with van der Waals surface area (Å²) in [4.78, 5) is 8.77. The van der Waals surface area contributed by atoms with Gasteiger partial charge in [-0.3, -0.25) is 9.89 Å². The van der Waals surface area contributed by atoms with Gasteiger partial charge in [0, 0.05) is 43.6 Å². The van der Waals surface area contributed by atoms with Gasteiger partial charge in [-0.25, -0.2) is 0 Å². The SMILES string of the molecule is C=C(C)CN1CCC(NC(=NCC(C)Cc2cccs2)NCC)CC1. The van der Waals surface area contributed by atoms with Gasteiger partial charge in [0.2, 0.25) is 0 Å². The molecule has 1 saturated heterocycles. The van der Waals surface area contributed by atoms with E-state index in [0.29, 0.717) is 12.0 Å². The van der Waals surface area contributed by atoms with Crippen molar-refractivity contribution in [2.45, 2.75) is 46.1 Å². The zero-order chi connectivity index (χ0) is 18.1. The minimum atomic E-state index is 0.520. The smallest absolute Gasteiger partial charge is 0.191 e. The van der Waals surface area contributed by atoms with Crippen LogP contribution in [0.3, 0.4) is 0 Å². The molecule has 140 valence electrons. The van der Waals surface area contributed by atoms with Crippen LogP contribution in [0.25, 0.3) is 0 Å². The summed E-state index contributed by atoms with van der Waals surface area (Å²) in [6.07, 6.45) is 3.45. The number of guanidine groups is 1. The number of thiophene rings is 1. The number of hydrogen-bond donors (Lipinski definition) is 2. The second-order valence-electron chi connectivity index (χ2n) is 7.26. The topological polar surface area (TPSA) is 39.7 Å². The predicted octanol–water partition coefficient (Wildman–Crippen LogP) is 3.52. The van der Waals surface area contributed by atoms with Crippen LogP contribution in [0.5, 0.6) is 0 Å². The monoisotopic (exact) mass is 362 g/mol. The Morgan fingerprint density at radius 2 is 2.20 bits per heavy atom. The lowest BCUT2D eigenvalue weighted by molar-refractivity contribution is 0.221. The minimum Gasteiger partial charge on any atom is -0.357 e. The third kappa shape index (κ3) is 7.61. The van der Waals surface area contributed by atoms with Crippen molar-refractivity contribution in [2.75, 3.05) is 32.7 Å². The third-order valence-electron chi connectivity index (χ3n) is 4.46. The summed E-state index contributed by atoms with van der Waals surface area (Å²) >= 11 is 1.84. The molecule has 0 amide bonds. The summed E-state index contributed by atoms with van der Waals surface area (Å²) in [5.74, 6) is 1.53. The molecule has 1 aromatic heterocycles. The van der Waals surface area contributed by atoms with E-state index < -0.39 is 0 Å². The van der Waals surface area contributed by atoms with E-state index in [9.17, 15) is 0 Å². The van der Waals surface area contributed by atoms with Crippen LogP contribution in [-0.4, -0.2) is 49.6 Å². The maximum atomic E-state index is 4.83. The Hall–Kier alpha value is -1.33. The molecule has 0 saturated carbocycles. The molecule has 2 rings (SSSR count). The summed E-state index contributed by atoms with van der Waals surface area (Å²) in [6, 6.07) is 4.86. The first-order valence-electron chi connectivity index (χ1n) is 9.50. The molecule has 1 unspecified atom stereocenters. The molecule has 1 fully saturated rings. The fourth-order valence-corrected chi connectivity index (χ4v) is 4.08. The molecular weight excluding hydrogens is 328 g/mol. The van der Waals surface area contributed by atoms with Crippen molar-refractivity contribution in [3.8, 4) is 0 Å². The fourth-order valence-electron chi connectivity index (χ4n) is 3.21. The van der Waals surface area contributed by atoms with E-state index in [2.05, 4.69) is 60.4 Å². The van der Waals surface area contributed by atoms with Gasteiger partial charge in [-0.15, -0.1) is 11.3 Å². The fraction of sp³-hybridized carbons (Fsp3) is 0.650. The van der Waals surface area contributed by atoms with Crippen molar-refractivity contribution in [2.24, 2.45) is 10.9 Å². The molecule has 1 atom stereocenters. The summed E-state index contributed by atoms with van der Waals surface area (Å²) < 4.78 is 0. The molecule has 0 aromatic carbocycles. The second-order valence-corrected chi connectivity index (χ2v) is 8.29. The van der Waals surface area contributed by atoms with Crippen LogP contribution in [0.2, 0.25) is 0 Å². The third-order valence-corrected chi connectivity index (χ3v) is 5.36. The molecule has 4 nitrogen and oxygen atoms in total. The number of likely N-dealkylation sites (tertiary alicyclic amines) is 1. The van der Waals surface area contributed by atoms with Crippen LogP contribution in [0.1, 0.15) is 38.5 Å². The number of nitrogens with one attached hydrogen (secondary N) is 2. The standard InChI is InChI=1S/C20H34N4S/c1-5-21-20(22-14-17(4)13-19-7-6-12-25-19)23-18-8-10-24(11-9-18)15-16(2)3/h6-7,12,17-18H,2,5,8-11,13-15H2,1,3-4H3,(H2,21,22,23). The summed E-state index contributed by atoms with van der Waals surface area (Å²) in [5.41, 5.74) is 1.25. The first kappa shape index (κ1) is 20.0. The Kier molecular flexibility index (Phi) is 8.49. The van der Waals surface area contributed by atoms with Crippen LogP contribution < -0.4 is 10.6 Å². The van der Waals surface area contributed by atoms with Crippen molar-refractivity contribution >= 4 is 17.3 Å². The quantitative estimate of drug-likeness (QED) is 0.422. The summed E-state index contributed by atoms with van der Waals surface area (Å²) in [7, 11) is 0. The molecule has 0 radical (unpaired) electrons. The summed E-state index contributed by atoms with van der Waals surface area (Å²) in [5, 5.41) is 9.19. The molecule has 2 heterocycles. The molecule has 0 bridgehead atoms. The number of rotatable bonds is 8. The number of aliphatic imine (C=N–C) groups is 1. The predicted molar refractivity (Wildman–Crippen MR) is 111 cm³/mol. The van der Waals surface area contributed by atoms with E-state index in [4.69, 9.17) is 4.99 Å². The highest BCUT2D eigenvalue weighted by molar-refractivity contribution is 7.09. The maximum absolute atomic E-state index is 4.83. The highest BCUT2D eigenvalue weighted by Gasteiger charge is 2.19. The first-order chi connectivity index (χ1) is 12.1. The molecule has 1 aliphatic rings. The lowest BCUT2D eigenvalue weighted by atomic mass is 10.0. The van der Waals surface area contributed by atoms with E-state index >= 15 is 0 Å². The van der Waals surface area contributed by atoms with Crippen LogP contribution in [-0.2, 0) is 6.42 Å². The zero-order valence-electron chi connectivity index (χ0n) is 16.1. The van der Waals surface area contributed by atoms with E-state index in [1.54, 1.807) is 0 Å². The number of piperidine rings is 1. The van der Waals surface area contributed by atoms with Crippen LogP contribution in [0.15, 0.2) is 34.7 Å². The van der Waals surface area contributed by atoms with Crippen molar-refractivity contribution in [3.63, 3.8) is 0 Å². The van der Waals surface area contributed by atoms with Crippen LogP contribution >= 0.6 is 11.3 Å². The van der Waals surface area contributed by atoms with Crippen molar-refractivity contribution < 1.29 is 0 Å². The van der Waals surface area contributed by atoms with E-state index in [0.717, 1.165) is 45.1 Å². The Labute approximate surface area is 157 Å². The molecule has 0 aliphatic carbocycles. The van der Waals surface area contributed by atoms with Crippen LogP contribution in [0.4, 0.5) is 0 Å². The average molecular weight is 363 g/mol. The molecule has 5 heteroatoms.